The molecule has 8 atom stereocenters. The first kappa shape index (κ1) is 18.0. The summed E-state index contributed by atoms with van der Waals surface area (Å²) in [5.41, 5.74) is -2.60. The van der Waals surface area contributed by atoms with Gasteiger partial charge in [-0.3, -0.25) is 9.59 Å². The molecule has 0 aromatic rings. The van der Waals surface area contributed by atoms with Gasteiger partial charge in [0.15, 0.2) is 5.78 Å². The van der Waals surface area contributed by atoms with E-state index in [1.807, 2.05) is 13.8 Å². The molecular weight excluding hydrogens is 376 g/mol. The van der Waals surface area contributed by atoms with Gasteiger partial charge in [0.05, 0.1) is 17.1 Å². The number of carbonyl (C=O) groups is 3. The van der Waals surface area contributed by atoms with Gasteiger partial charge in [-0.1, -0.05) is 0 Å². The lowest BCUT2D eigenvalue weighted by Gasteiger charge is -2.29. The van der Waals surface area contributed by atoms with Crippen molar-refractivity contribution < 1.29 is 33.3 Å². The number of fused-ring (bicyclic) bond motifs is 4. The highest BCUT2D eigenvalue weighted by molar-refractivity contribution is 6.18. The van der Waals surface area contributed by atoms with Crippen LogP contribution in [0.3, 0.4) is 0 Å². The third-order valence-electron chi connectivity index (χ3n) is 6.97. The normalized spacial score (nSPS) is 54.0. The maximum Gasteiger partial charge on any atom is 0.344 e. The van der Waals surface area contributed by atoms with E-state index < -0.39 is 47.2 Å². The molecule has 5 aliphatic rings. The van der Waals surface area contributed by atoms with Gasteiger partial charge in [-0.2, -0.15) is 0 Å². The van der Waals surface area contributed by atoms with Gasteiger partial charge in [-0.25, -0.2) is 4.79 Å². The Morgan fingerprint density at radius 1 is 1.11 bits per heavy atom. The highest BCUT2D eigenvalue weighted by Crippen LogP contribution is 2.57. The number of rotatable bonds is 1. The maximum absolute atomic E-state index is 12.7. The van der Waals surface area contributed by atoms with E-state index in [0.717, 1.165) is 0 Å². The highest BCUT2D eigenvalue weighted by Gasteiger charge is 2.79. The van der Waals surface area contributed by atoms with Gasteiger partial charge in [0.2, 0.25) is 5.60 Å². The number of esters is 1. The van der Waals surface area contributed by atoms with Crippen molar-refractivity contribution in [2.75, 3.05) is 5.88 Å². The molecule has 27 heavy (non-hydrogen) atoms. The zero-order valence-corrected chi connectivity index (χ0v) is 16.1. The van der Waals surface area contributed by atoms with Crippen LogP contribution in [0.1, 0.15) is 46.0 Å². The van der Waals surface area contributed by atoms with E-state index in [9.17, 15) is 14.4 Å². The Labute approximate surface area is 162 Å². The molecule has 5 saturated heterocycles. The van der Waals surface area contributed by atoms with Crippen molar-refractivity contribution in [3.05, 3.63) is 0 Å². The number of ether oxygens (including phenoxy) is 4. The summed E-state index contributed by atoms with van der Waals surface area (Å²) in [6.07, 6.45) is -0.697. The average molecular weight is 399 g/mol. The predicted octanol–water partition coefficient (Wildman–Crippen LogP) is 1.32. The van der Waals surface area contributed by atoms with Crippen molar-refractivity contribution in [3.8, 4) is 0 Å². The molecule has 0 aliphatic carbocycles. The molecule has 7 nitrogen and oxygen atoms in total. The summed E-state index contributed by atoms with van der Waals surface area (Å²) in [4.78, 5) is 37.8. The van der Waals surface area contributed by atoms with Crippen LogP contribution in [0.2, 0.25) is 0 Å². The summed E-state index contributed by atoms with van der Waals surface area (Å²) in [6.45, 7) is 3.70. The predicted molar refractivity (Wildman–Crippen MR) is 91.3 cm³/mol. The molecule has 0 radical (unpaired) electrons. The summed E-state index contributed by atoms with van der Waals surface area (Å²) in [5, 5.41) is 0. The van der Waals surface area contributed by atoms with E-state index in [1.54, 1.807) is 0 Å². The fourth-order valence-electron chi connectivity index (χ4n) is 5.40. The van der Waals surface area contributed by atoms with Crippen LogP contribution >= 0.6 is 11.6 Å². The minimum absolute atomic E-state index is 0.0408. The molecule has 6 bridgehead atoms. The topological polar surface area (TPSA) is 91.4 Å². The van der Waals surface area contributed by atoms with Crippen molar-refractivity contribution in [3.63, 3.8) is 0 Å². The molecule has 5 aliphatic heterocycles. The summed E-state index contributed by atoms with van der Waals surface area (Å²) in [5.74, 6) is -0.482. The standard InChI is InChI=1S/C19H23ClO7/c1-17-6-11(22)12(25-17)5-10(21)3-9-4-14(26-18(9,2)8-20)19-15(27-19)13(7-17)24-16(19)23/h9,12-15H,3-8H2,1-2H3. The van der Waals surface area contributed by atoms with Crippen molar-refractivity contribution in [1.82, 2.24) is 0 Å². The smallest absolute Gasteiger partial charge is 0.344 e. The summed E-state index contributed by atoms with van der Waals surface area (Å²) < 4.78 is 23.7. The Kier molecular flexibility index (Phi) is 3.69. The quantitative estimate of drug-likeness (QED) is 0.373. The van der Waals surface area contributed by atoms with Crippen molar-refractivity contribution >= 4 is 29.1 Å². The van der Waals surface area contributed by atoms with Gasteiger partial charge in [0.25, 0.3) is 0 Å². The molecule has 0 aromatic heterocycles. The molecule has 148 valence electrons. The van der Waals surface area contributed by atoms with E-state index in [4.69, 9.17) is 30.5 Å². The van der Waals surface area contributed by atoms with E-state index in [0.29, 0.717) is 12.8 Å². The van der Waals surface area contributed by atoms with Gasteiger partial charge >= 0.3 is 5.97 Å². The number of epoxide rings is 1. The number of ketones is 2. The number of carbonyl (C=O) groups excluding carboxylic acids is 3. The number of Topliss-reactive ketones (excluding diaryl/α,β-unsaturated/α-hetero) is 2. The molecule has 0 saturated carbocycles. The second-order valence-electron chi connectivity index (χ2n) is 9.11. The van der Waals surface area contributed by atoms with Crippen LogP contribution in [0.4, 0.5) is 0 Å². The molecular formula is C19H23ClO7. The van der Waals surface area contributed by atoms with Crippen LogP contribution in [-0.4, -0.2) is 64.6 Å². The first-order valence-electron chi connectivity index (χ1n) is 9.54. The zero-order chi connectivity index (χ0) is 19.2. The first-order valence-corrected chi connectivity index (χ1v) is 10.1. The molecule has 5 fully saturated rings. The largest absolute Gasteiger partial charge is 0.457 e. The molecule has 0 spiro atoms. The van der Waals surface area contributed by atoms with E-state index in [-0.39, 0.29) is 42.6 Å². The summed E-state index contributed by atoms with van der Waals surface area (Å²) >= 11 is 6.17. The molecule has 0 aromatic carbocycles. The van der Waals surface area contributed by atoms with Crippen LogP contribution in [0.5, 0.6) is 0 Å². The van der Waals surface area contributed by atoms with Crippen molar-refractivity contribution in [2.24, 2.45) is 5.92 Å². The summed E-state index contributed by atoms with van der Waals surface area (Å²) in [6, 6.07) is 0. The Morgan fingerprint density at radius 3 is 2.59 bits per heavy atom. The van der Waals surface area contributed by atoms with E-state index in [2.05, 4.69) is 0 Å². The summed E-state index contributed by atoms with van der Waals surface area (Å²) in [7, 11) is 0. The van der Waals surface area contributed by atoms with Gasteiger partial charge in [0.1, 0.15) is 30.2 Å². The molecule has 5 rings (SSSR count). The molecule has 8 heteroatoms. The Balaban J connectivity index is 1.51. The maximum atomic E-state index is 12.7. The first-order chi connectivity index (χ1) is 12.7. The van der Waals surface area contributed by atoms with E-state index >= 15 is 0 Å². The molecule has 8 unspecified atom stereocenters. The SMILES string of the molecule is CC12CC(=O)C(CC(=O)CC3CC(OC3(C)CCl)C34OC3C(C1)OC4=O)O2. The monoisotopic (exact) mass is 398 g/mol. The van der Waals surface area contributed by atoms with E-state index in [1.165, 1.54) is 0 Å². The highest BCUT2D eigenvalue weighted by atomic mass is 35.5. The minimum atomic E-state index is -1.11. The second kappa shape index (κ2) is 5.53. The van der Waals surface area contributed by atoms with Crippen molar-refractivity contribution in [1.29, 1.82) is 0 Å². The number of hydrogen-bond donors (Lipinski definition) is 0. The number of hydrogen-bond acceptors (Lipinski definition) is 7. The Hall–Kier alpha value is -1.02. The van der Waals surface area contributed by atoms with Crippen LogP contribution in [0.15, 0.2) is 0 Å². The second-order valence-corrected chi connectivity index (χ2v) is 9.38. The lowest BCUT2D eigenvalue weighted by molar-refractivity contribution is -0.163. The fraction of sp³-hybridized carbons (Fsp3) is 0.842. The van der Waals surface area contributed by atoms with Gasteiger partial charge in [-0.15, -0.1) is 11.6 Å². The minimum Gasteiger partial charge on any atom is -0.457 e. The number of halogens is 1. The average Bonchev–Trinajstić information content (AvgIpc) is 3.08. The molecule has 0 N–H and O–H groups in total. The van der Waals surface area contributed by atoms with Crippen LogP contribution in [0.25, 0.3) is 0 Å². The van der Waals surface area contributed by atoms with Gasteiger partial charge in [0, 0.05) is 25.7 Å². The Morgan fingerprint density at radius 2 is 1.89 bits per heavy atom. The van der Waals surface area contributed by atoms with Gasteiger partial charge < -0.3 is 18.9 Å². The van der Waals surface area contributed by atoms with Crippen LogP contribution in [0, 0.1) is 5.92 Å². The van der Waals surface area contributed by atoms with Crippen LogP contribution < -0.4 is 0 Å². The molecule has 0 amide bonds. The lowest BCUT2D eigenvalue weighted by Crippen LogP contribution is -2.40. The third kappa shape index (κ3) is 2.48. The third-order valence-corrected chi connectivity index (χ3v) is 7.50. The fourth-order valence-corrected chi connectivity index (χ4v) is 5.68. The lowest BCUT2D eigenvalue weighted by atomic mass is 9.82. The number of alkyl halides is 1. The zero-order valence-electron chi connectivity index (χ0n) is 15.4. The van der Waals surface area contributed by atoms with Gasteiger partial charge in [-0.05, 0) is 26.2 Å². The molecule has 5 heterocycles. The van der Waals surface area contributed by atoms with Crippen molar-refractivity contribution in [2.45, 2.75) is 87.2 Å². The Bertz CT molecular complexity index is 740. The van der Waals surface area contributed by atoms with Crippen LogP contribution in [-0.2, 0) is 33.3 Å².